The second kappa shape index (κ2) is 7.66. The lowest BCUT2D eigenvalue weighted by Gasteiger charge is -2.33. The van der Waals surface area contributed by atoms with Crippen LogP contribution < -0.4 is 15.6 Å². The molecule has 25 heavy (non-hydrogen) atoms. The van der Waals surface area contributed by atoms with Crippen LogP contribution in [0.15, 0.2) is 6.07 Å². The molecule has 1 aromatic rings. The van der Waals surface area contributed by atoms with Crippen LogP contribution in [-0.4, -0.2) is 53.3 Å². The number of nitrogens with zero attached hydrogens (tertiary/aromatic N) is 3. The molecular weight excluding hydrogens is 318 g/mol. The van der Waals surface area contributed by atoms with Gasteiger partial charge in [-0.15, -0.1) is 5.10 Å². The van der Waals surface area contributed by atoms with E-state index in [1.165, 1.54) is 18.4 Å². The Morgan fingerprint density at radius 2 is 2.04 bits per heavy atom. The highest BCUT2D eigenvalue weighted by atomic mass is 16.5. The molecule has 136 valence electrons. The normalized spacial score (nSPS) is 24.2. The SMILES string of the molecule is O=C(C1CCNN1)N1CCC(COc2cc3c(nn2)CCCC3)CC1. The molecule has 0 radical (unpaired) electrons. The molecule has 2 N–H and O–H groups in total. The second-order valence-corrected chi connectivity index (χ2v) is 7.35. The fraction of sp³-hybridized carbons (Fsp3) is 0.722. The Kier molecular flexibility index (Phi) is 5.12. The molecule has 7 nitrogen and oxygen atoms in total. The maximum absolute atomic E-state index is 12.4. The highest BCUT2D eigenvalue weighted by Gasteiger charge is 2.30. The minimum Gasteiger partial charge on any atom is -0.476 e. The minimum absolute atomic E-state index is 0.0569. The molecule has 1 amide bonds. The summed E-state index contributed by atoms with van der Waals surface area (Å²) < 4.78 is 5.91. The zero-order valence-electron chi connectivity index (χ0n) is 14.7. The Bertz CT molecular complexity index is 609. The van der Waals surface area contributed by atoms with Crippen molar-refractivity contribution in [3.63, 3.8) is 0 Å². The fourth-order valence-corrected chi connectivity index (χ4v) is 3.95. The van der Waals surface area contributed by atoms with Gasteiger partial charge in [0.25, 0.3) is 0 Å². The zero-order chi connectivity index (χ0) is 17.1. The van der Waals surface area contributed by atoms with Gasteiger partial charge in [0.15, 0.2) is 0 Å². The quantitative estimate of drug-likeness (QED) is 0.842. The van der Waals surface area contributed by atoms with Gasteiger partial charge in [-0.3, -0.25) is 10.2 Å². The smallest absolute Gasteiger partial charge is 0.241 e. The van der Waals surface area contributed by atoms with Crippen molar-refractivity contribution >= 4 is 5.91 Å². The number of aryl methyl sites for hydroxylation is 2. The number of piperidine rings is 1. The van der Waals surface area contributed by atoms with E-state index in [0.717, 1.165) is 57.4 Å². The number of amides is 1. The van der Waals surface area contributed by atoms with Crippen molar-refractivity contribution in [2.75, 3.05) is 26.2 Å². The number of rotatable bonds is 4. The van der Waals surface area contributed by atoms with E-state index in [-0.39, 0.29) is 11.9 Å². The van der Waals surface area contributed by atoms with E-state index < -0.39 is 0 Å². The molecule has 4 rings (SSSR count). The highest BCUT2D eigenvalue weighted by Crippen LogP contribution is 2.23. The first-order valence-electron chi connectivity index (χ1n) is 9.55. The predicted molar refractivity (Wildman–Crippen MR) is 93.0 cm³/mol. The van der Waals surface area contributed by atoms with Crippen LogP contribution in [0.25, 0.3) is 0 Å². The Morgan fingerprint density at radius 3 is 2.84 bits per heavy atom. The first-order chi connectivity index (χ1) is 12.3. The molecule has 2 fully saturated rings. The number of aromatic nitrogens is 2. The van der Waals surface area contributed by atoms with Gasteiger partial charge in [0.2, 0.25) is 11.8 Å². The number of hydrogen-bond donors (Lipinski definition) is 2. The summed E-state index contributed by atoms with van der Waals surface area (Å²) >= 11 is 0. The van der Waals surface area contributed by atoms with Crippen LogP contribution >= 0.6 is 0 Å². The van der Waals surface area contributed by atoms with Crippen LogP contribution in [0.5, 0.6) is 5.88 Å². The first kappa shape index (κ1) is 16.7. The van der Waals surface area contributed by atoms with Crippen molar-refractivity contribution in [3.05, 3.63) is 17.3 Å². The van der Waals surface area contributed by atoms with Gasteiger partial charge in [-0.05, 0) is 56.4 Å². The Hall–Kier alpha value is -1.73. The molecule has 2 aliphatic heterocycles. The Labute approximate surface area is 148 Å². The number of hydrogen-bond acceptors (Lipinski definition) is 6. The lowest BCUT2D eigenvalue weighted by Crippen LogP contribution is -2.48. The van der Waals surface area contributed by atoms with E-state index in [9.17, 15) is 4.79 Å². The third kappa shape index (κ3) is 3.93. The van der Waals surface area contributed by atoms with Gasteiger partial charge >= 0.3 is 0 Å². The monoisotopic (exact) mass is 345 g/mol. The summed E-state index contributed by atoms with van der Waals surface area (Å²) in [5.74, 6) is 1.36. The predicted octanol–water partition coefficient (Wildman–Crippen LogP) is 0.839. The molecule has 0 aromatic carbocycles. The van der Waals surface area contributed by atoms with Gasteiger partial charge in [0, 0.05) is 25.7 Å². The summed E-state index contributed by atoms with van der Waals surface area (Å²) in [6.07, 6.45) is 7.43. The van der Waals surface area contributed by atoms with Crippen molar-refractivity contribution in [1.29, 1.82) is 0 Å². The number of carbonyl (C=O) groups is 1. The largest absolute Gasteiger partial charge is 0.476 e. The summed E-state index contributed by atoms with van der Waals surface area (Å²) in [6.45, 7) is 3.17. The summed E-state index contributed by atoms with van der Waals surface area (Å²) in [6, 6.07) is 2.01. The third-order valence-electron chi connectivity index (χ3n) is 5.57. The summed E-state index contributed by atoms with van der Waals surface area (Å²) in [5.41, 5.74) is 8.53. The molecule has 3 aliphatic rings. The average Bonchev–Trinajstić information content (AvgIpc) is 3.21. The number of likely N-dealkylation sites (tertiary alicyclic amines) is 1. The Balaban J connectivity index is 1.24. The van der Waals surface area contributed by atoms with Crippen molar-refractivity contribution in [2.24, 2.45) is 5.92 Å². The van der Waals surface area contributed by atoms with Crippen LogP contribution in [0.3, 0.4) is 0 Å². The van der Waals surface area contributed by atoms with E-state index in [0.29, 0.717) is 18.4 Å². The molecule has 1 aliphatic carbocycles. The average molecular weight is 345 g/mol. The first-order valence-corrected chi connectivity index (χ1v) is 9.55. The van der Waals surface area contributed by atoms with Crippen molar-refractivity contribution in [2.45, 2.75) is 51.0 Å². The van der Waals surface area contributed by atoms with E-state index in [1.807, 2.05) is 4.90 Å². The van der Waals surface area contributed by atoms with E-state index >= 15 is 0 Å². The van der Waals surface area contributed by atoms with Crippen LogP contribution in [0.1, 0.15) is 43.4 Å². The molecule has 0 bridgehead atoms. The Morgan fingerprint density at radius 1 is 1.20 bits per heavy atom. The number of fused-ring (bicyclic) bond motifs is 1. The molecule has 2 saturated heterocycles. The maximum atomic E-state index is 12.4. The van der Waals surface area contributed by atoms with Gasteiger partial charge < -0.3 is 9.64 Å². The van der Waals surface area contributed by atoms with Crippen molar-refractivity contribution in [1.82, 2.24) is 25.9 Å². The second-order valence-electron chi connectivity index (χ2n) is 7.35. The van der Waals surface area contributed by atoms with E-state index in [1.54, 1.807) is 0 Å². The molecule has 3 heterocycles. The molecule has 1 unspecified atom stereocenters. The highest BCUT2D eigenvalue weighted by molar-refractivity contribution is 5.82. The molecule has 1 aromatic heterocycles. The van der Waals surface area contributed by atoms with Gasteiger partial charge in [-0.1, -0.05) is 0 Å². The topological polar surface area (TPSA) is 79.4 Å². The standard InChI is InChI=1S/C18H27N5O2/c24-18(16-5-8-19-20-16)23-9-6-13(7-10-23)12-25-17-11-14-3-1-2-4-15(14)21-22-17/h11,13,16,19-20H,1-10,12H2. The third-order valence-corrected chi connectivity index (χ3v) is 5.57. The van der Waals surface area contributed by atoms with Crippen molar-refractivity contribution < 1.29 is 9.53 Å². The summed E-state index contributed by atoms with van der Waals surface area (Å²) in [7, 11) is 0. The molecular formula is C18H27N5O2. The van der Waals surface area contributed by atoms with Crippen LogP contribution in [0.4, 0.5) is 0 Å². The maximum Gasteiger partial charge on any atom is 0.241 e. The number of nitrogens with one attached hydrogen (secondary N) is 2. The minimum atomic E-state index is -0.0569. The van der Waals surface area contributed by atoms with Gasteiger partial charge in [-0.2, -0.15) is 5.10 Å². The number of ether oxygens (including phenoxy) is 1. The van der Waals surface area contributed by atoms with E-state index in [4.69, 9.17) is 4.74 Å². The zero-order valence-corrected chi connectivity index (χ0v) is 14.7. The summed E-state index contributed by atoms with van der Waals surface area (Å²) in [5, 5.41) is 8.54. The molecule has 0 saturated carbocycles. The van der Waals surface area contributed by atoms with Gasteiger partial charge in [0.1, 0.15) is 6.04 Å². The lowest BCUT2D eigenvalue weighted by atomic mass is 9.96. The molecule has 0 spiro atoms. The number of hydrazine groups is 1. The number of carbonyl (C=O) groups excluding carboxylic acids is 1. The van der Waals surface area contributed by atoms with Gasteiger partial charge in [-0.25, -0.2) is 5.43 Å². The van der Waals surface area contributed by atoms with Crippen LogP contribution in [-0.2, 0) is 17.6 Å². The van der Waals surface area contributed by atoms with Crippen LogP contribution in [0.2, 0.25) is 0 Å². The van der Waals surface area contributed by atoms with E-state index in [2.05, 4.69) is 27.1 Å². The van der Waals surface area contributed by atoms with Crippen molar-refractivity contribution in [3.8, 4) is 5.88 Å². The lowest BCUT2D eigenvalue weighted by molar-refractivity contribution is -0.134. The van der Waals surface area contributed by atoms with Crippen LogP contribution in [0, 0.1) is 5.92 Å². The summed E-state index contributed by atoms with van der Waals surface area (Å²) in [4.78, 5) is 14.4. The fourth-order valence-electron chi connectivity index (χ4n) is 3.95. The molecule has 1 atom stereocenters. The van der Waals surface area contributed by atoms with Gasteiger partial charge in [0.05, 0.1) is 12.3 Å². The molecule has 7 heteroatoms.